The highest BCUT2D eigenvalue weighted by atomic mass is 35.5. The first-order valence-electron chi connectivity index (χ1n) is 8.64. The van der Waals surface area contributed by atoms with E-state index in [-0.39, 0.29) is 11.7 Å². The number of nitrogens with zero attached hydrogens (tertiary/aromatic N) is 2. The Morgan fingerprint density at radius 1 is 1.22 bits per heavy atom. The zero-order valence-electron chi connectivity index (χ0n) is 15.4. The van der Waals surface area contributed by atoms with Gasteiger partial charge >= 0.3 is 0 Å². The van der Waals surface area contributed by atoms with E-state index in [0.29, 0.717) is 21.9 Å². The van der Waals surface area contributed by atoms with Gasteiger partial charge in [-0.05, 0) is 48.2 Å². The van der Waals surface area contributed by atoms with Crippen molar-refractivity contribution in [1.82, 2.24) is 15.2 Å². The molecule has 1 aromatic heterocycles. The van der Waals surface area contributed by atoms with Crippen LogP contribution in [0.5, 0.6) is 0 Å². The highest BCUT2D eigenvalue weighted by Crippen LogP contribution is 2.28. The number of aromatic nitrogens is 3. The molecule has 7 heteroatoms. The second kappa shape index (κ2) is 8.59. The molecular formula is C20H21ClN4OS. The number of aromatic amines is 1. The van der Waals surface area contributed by atoms with Crippen LogP contribution in [0.25, 0.3) is 11.4 Å². The Balaban J connectivity index is 1.63. The lowest BCUT2D eigenvalue weighted by Gasteiger charge is -2.16. The molecule has 2 aromatic carbocycles. The molecule has 5 nitrogen and oxygen atoms in total. The van der Waals surface area contributed by atoms with E-state index in [1.807, 2.05) is 37.3 Å². The van der Waals surface area contributed by atoms with Crippen molar-refractivity contribution < 1.29 is 4.79 Å². The van der Waals surface area contributed by atoms with Crippen molar-refractivity contribution >= 4 is 35.0 Å². The number of aryl methyl sites for hydroxylation is 1. The molecule has 0 bridgehead atoms. The molecule has 2 N–H and O–H groups in total. The van der Waals surface area contributed by atoms with Gasteiger partial charge in [-0.25, -0.2) is 4.98 Å². The predicted octanol–water partition coefficient (Wildman–Crippen LogP) is 5.29. The number of halogens is 1. The molecule has 3 aromatic rings. The third-order valence-electron chi connectivity index (χ3n) is 4.11. The molecule has 0 spiro atoms. The lowest BCUT2D eigenvalue weighted by molar-refractivity contribution is -0.113. The Labute approximate surface area is 167 Å². The average molecular weight is 401 g/mol. The summed E-state index contributed by atoms with van der Waals surface area (Å²) in [6.45, 7) is 6.23. The Bertz CT molecular complexity index is 937. The molecule has 3 rings (SSSR count). The minimum atomic E-state index is -0.0750. The summed E-state index contributed by atoms with van der Waals surface area (Å²) < 4.78 is 0. The first kappa shape index (κ1) is 19.5. The van der Waals surface area contributed by atoms with Crippen LogP contribution in [0, 0.1) is 6.92 Å². The average Bonchev–Trinajstić information content (AvgIpc) is 3.11. The predicted molar refractivity (Wildman–Crippen MR) is 111 cm³/mol. The number of thioether (sulfide) groups is 1. The van der Waals surface area contributed by atoms with E-state index in [2.05, 4.69) is 34.3 Å². The van der Waals surface area contributed by atoms with Crippen LogP contribution in [-0.2, 0) is 4.79 Å². The first-order valence-corrected chi connectivity index (χ1v) is 10.0. The minimum Gasteiger partial charge on any atom is -0.325 e. The highest BCUT2D eigenvalue weighted by molar-refractivity contribution is 7.99. The van der Waals surface area contributed by atoms with Crippen LogP contribution in [-0.4, -0.2) is 26.8 Å². The summed E-state index contributed by atoms with van der Waals surface area (Å²) in [5, 5.41) is 11.3. The zero-order chi connectivity index (χ0) is 19.4. The Hall–Kier alpha value is -2.31. The van der Waals surface area contributed by atoms with Crippen molar-refractivity contribution in [3.05, 3.63) is 58.6 Å². The molecule has 0 radical (unpaired) electrons. The van der Waals surface area contributed by atoms with Gasteiger partial charge in [0, 0.05) is 16.3 Å². The van der Waals surface area contributed by atoms with Crippen molar-refractivity contribution in [2.75, 3.05) is 11.1 Å². The number of benzene rings is 2. The van der Waals surface area contributed by atoms with Crippen LogP contribution in [0.1, 0.15) is 30.9 Å². The van der Waals surface area contributed by atoms with Gasteiger partial charge in [0.2, 0.25) is 11.1 Å². The molecule has 0 atom stereocenters. The van der Waals surface area contributed by atoms with Crippen molar-refractivity contribution in [2.45, 2.75) is 31.8 Å². The minimum absolute atomic E-state index is 0.0750. The lowest BCUT2D eigenvalue weighted by Crippen LogP contribution is -2.16. The van der Waals surface area contributed by atoms with Crippen LogP contribution in [0.3, 0.4) is 0 Å². The van der Waals surface area contributed by atoms with E-state index in [1.54, 1.807) is 12.1 Å². The largest absolute Gasteiger partial charge is 0.325 e. The van der Waals surface area contributed by atoms with Gasteiger partial charge in [0.05, 0.1) is 5.75 Å². The van der Waals surface area contributed by atoms with Crippen LogP contribution < -0.4 is 5.32 Å². The van der Waals surface area contributed by atoms with E-state index in [4.69, 9.17) is 11.6 Å². The summed E-state index contributed by atoms with van der Waals surface area (Å²) in [5.74, 6) is 1.15. The molecule has 0 aliphatic heterocycles. The fourth-order valence-corrected chi connectivity index (χ4v) is 3.42. The maximum absolute atomic E-state index is 12.4. The molecule has 0 fully saturated rings. The monoisotopic (exact) mass is 400 g/mol. The summed E-state index contributed by atoms with van der Waals surface area (Å²) in [6.07, 6.45) is 0. The molecule has 140 valence electrons. The van der Waals surface area contributed by atoms with Gasteiger partial charge in [-0.15, -0.1) is 5.10 Å². The highest BCUT2D eigenvalue weighted by Gasteiger charge is 2.13. The van der Waals surface area contributed by atoms with E-state index < -0.39 is 0 Å². The molecule has 1 heterocycles. The molecule has 0 aliphatic rings. The Morgan fingerprint density at radius 2 is 1.96 bits per heavy atom. The molecule has 0 saturated heterocycles. The van der Waals surface area contributed by atoms with Gasteiger partial charge in [0.25, 0.3) is 0 Å². The quantitative estimate of drug-likeness (QED) is 0.551. The molecular weight excluding hydrogens is 380 g/mol. The summed E-state index contributed by atoms with van der Waals surface area (Å²) in [5.41, 5.74) is 3.98. The molecule has 0 unspecified atom stereocenters. The van der Waals surface area contributed by atoms with Gasteiger partial charge in [0.15, 0.2) is 5.82 Å². The van der Waals surface area contributed by atoms with E-state index >= 15 is 0 Å². The number of hydrogen-bond donors (Lipinski definition) is 2. The number of anilines is 1. The maximum Gasteiger partial charge on any atom is 0.234 e. The first-order chi connectivity index (χ1) is 12.9. The number of amides is 1. The number of nitrogens with one attached hydrogen (secondary N) is 2. The molecule has 27 heavy (non-hydrogen) atoms. The number of para-hydroxylation sites is 1. The summed E-state index contributed by atoms with van der Waals surface area (Å²) in [6, 6.07) is 13.4. The van der Waals surface area contributed by atoms with Crippen molar-refractivity contribution in [3.8, 4) is 11.4 Å². The second-order valence-corrected chi connectivity index (χ2v) is 7.88. The molecule has 0 saturated carbocycles. The van der Waals surface area contributed by atoms with Crippen molar-refractivity contribution in [1.29, 1.82) is 0 Å². The van der Waals surface area contributed by atoms with E-state index in [1.165, 1.54) is 11.8 Å². The van der Waals surface area contributed by atoms with Crippen LogP contribution in [0.2, 0.25) is 5.02 Å². The van der Waals surface area contributed by atoms with Crippen LogP contribution in [0.4, 0.5) is 5.69 Å². The van der Waals surface area contributed by atoms with E-state index in [0.717, 1.165) is 22.4 Å². The summed E-state index contributed by atoms with van der Waals surface area (Å²) in [7, 11) is 0. The fraction of sp³-hybridized carbons (Fsp3) is 0.250. The maximum atomic E-state index is 12.4. The van der Waals surface area contributed by atoms with Crippen LogP contribution >= 0.6 is 23.4 Å². The Kier molecular flexibility index (Phi) is 6.19. The third-order valence-corrected chi connectivity index (χ3v) is 5.21. The smallest absolute Gasteiger partial charge is 0.234 e. The lowest BCUT2D eigenvalue weighted by atomic mass is 9.98. The van der Waals surface area contributed by atoms with Gasteiger partial charge in [-0.3, -0.25) is 9.89 Å². The number of carbonyl (C=O) groups excluding carboxylic acids is 1. The van der Waals surface area contributed by atoms with Crippen molar-refractivity contribution in [3.63, 3.8) is 0 Å². The van der Waals surface area contributed by atoms with Gasteiger partial charge in [0.1, 0.15) is 0 Å². The number of carbonyl (C=O) groups is 1. The topological polar surface area (TPSA) is 70.7 Å². The SMILES string of the molecule is Cc1cccc(C(C)C)c1NC(=O)CSc1n[nH]c(-c2ccc(Cl)cc2)n1. The number of hydrogen-bond acceptors (Lipinski definition) is 4. The number of rotatable bonds is 6. The standard InChI is InChI=1S/C20H21ClN4OS/c1-12(2)16-6-4-5-13(3)18(16)22-17(26)11-27-20-23-19(24-25-20)14-7-9-15(21)10-8-14/h4-10,12H,11H2,1-3H3,(H,22,26)(H,23,24,25). The Morgan fingerprint density at radius 3 is 2.67 bits per heavy atom. The molecule has 0 aliphatic carbocycles. The van der Waals surface area contributed by atoms with Gasteiger partial charge in [-0.2, -0.15) is 0 Å². The summed E-state index contributed by atoms with van der Waals surface area (Å²) >= 11 is 7.20. The second-order valence-electron chi connectivity index (χ2n) is 6.50. The van der Waals surface area contributed by atoms with Gasteiger partial charge < -0.3 is 5.32 Å². The van der Waals surface area contributed by atoms with Crippen LogP contribution in [0.15, 0.2) is 47.6 Å². The van der Waals surface area contributed by atoms with Gasteiger partial charge in [-0.1, -0.05) is 55.4 Å². The summed E-state index contributed by atoms with van der Waals surface area (Å²) in [4.78, 5) is 16.8. The fourth-order valence-electron chi connectivity index (χ4n) is 2.70. The normalized spacial score (nSPS) is 11.0. The van der Waals surface area contributed by atoms with Crippen molar-refractivity contribution in [2.24, 2.45) is 0 Å². The third kappa shape index (κ3) is 4.90. The zero-order valence-corrected chi connectivity index (χ0v) is 17.0. The molecule has 1 amide bonds. The van der Waals surface area contributed by atoms with E-state index in [9.17, 15) is 4.79 Å². The number of H-pyrrole nitrogens is 1.